The van der Waals surface area contributed by atoms with Gasteiger partial charge in [0.1, 0.15) is 4.32 Å². The van der Waals surface area contributed by atoms with E-state index in [1.165, 1.54) is 11.8 Å². The molecular formula is C19H26N2O2S2. The van der Waals surface area contributed by atoms with Crippen LogP contribution in [0.5, 0.6) is 0 Å². The summed E-state index contributed by atoms with van der Waals surface area (Å²) in [6.45, 7) is 6.72. The Hall–Kier alpha value is -1.40. The molecule has 1 heterocycles. The first-order chi connectivity index (χ1) is 11.9. The molecule has 1 aromatic rings. The molecule has 0 aromatic heterocycles. The van der Waals surface area contributed by atoms with Crippen LogP contribution in [0.1, 0.15) is 50.2 Å². The van der Waals surface area contributed by atoms with Crippen LogP contribution in [-0.4, -0.2) is 32.8 Å². The molecule has 1 aromatic carbocycles. The summed E-state index contributed by atoms with van der Waals surface area (Å²) in [5, 5.41) is 2.95. The van der Waals surface area contributed by atoms with Gasteiger partial charge in [0.25, 0.3) is 0 Å². The van der Waals surface area contributed by atoms with E-state index in [2.05, 4.69) is 11.4 Å². The van der Waals surface area contributed by atoms with Crippen LogP contribution in [0.25, 0.3) is 0 Å². The third-order valence-corrected chi connectivity index (χ3v) is 5.92. The number of aryl methyl sites for hydroxylation is 2. The number of thiocarbonyl (C=S) groups is 1. The molecule has 0 bridgehead atoms. The van der Waals surface area contributed by atoms with Gasteiger partial charge in [-0.2, -0.15) is 0 Å². The maximum Gasteiger partial charge on any atom is 0.241 e. The smallest absolute Gasteiger partial charge is 0.241 e. The zero-order chi connectivity index (χ0) is 18.4. The van der Waals surface area contributed by atoms with Gasteiger partial charge in [-0.05, 0) is 56.4 Å². The lowest BCUT2D eigenvalue weighted by molar-refractivity contribution is -0.126. The SMILES string of the molecule is CCC1SC(=S)N(CCCCCC(=O)Nc2cc(C)cc(C)c2)C1=O. The predicted octanol–water partition coefficient (Wildman–Crippen LogP) is 4.44. The minimum atomic E-state index is -0.00364. The van der Waals surface area contributed by atoms with Crippen molar-refractivity contribution in [2.75, 3.05) is 11.9 Å². The van der Waals surface area contributed by atoms with Crippen LogP contribution < -0.4 is 5.32 Å². The average molecular weight is 379 g/mol. The maximum atomic E-state index is 12.1. The van der Waals surface area contributed by atoms with Crippen LogP contribution in [0, 0.1) is 13.8 Å². The van der Waals surface area contributed by atoms with Crippen molar-refractivity contribution < 1.29 is 9.59 Å². The second-order valence-electron chi connectivity index (χ2n) is 6.51. The zero-order valence-corrected chi connectivity index (χ0v) is 16.8. The van der Waals surface area contributed by atoms with Crippen molar-refractivity contribution >= 4 is 45.8 Å². The fourth-order valence-electron chi connectivity index (χ4n) is 2.96. The Bertz CT molecular complexity index is 641. The van der Waals surface area contributed by atoms with E-state index in [1.54, 1.807) is 4.90 Å². The highest BCUT2D eigenvalue weighted by Gasteiger charge is 2.34. The number of benzene rings is 1. The molecule has 1 atom stereocenters. The molecule has 0 aliphatic carbocycles. The van der Waals surface area contributed by atoms with Gasteiger partial charge < -0.3 is 5.32 Å². The number of rotatable bonds is 8. The summed E-state index contributed by atoms with van der Waals surface area (Å²) in [6.07, 6.45) is 3.92. The number of thioether (sulfide) groups is 1. The summed E-state index contributed by atoms with van der Waals surface area (Å²) < 4.78 is 0.699. The second kappa shape index (κ2) is 9.34. The highest BCUT2D eigenvalue weighted by atomic mass is 32.2. The van der Waals surface area contributed by atoms with E-state index in [0.29, 0.717) is 17.3 Å². The minimum absolute atomic E-state index is 0.00364. The summed E-state index contributed by atoms with van der Waals surface area (Å²) in [5.41, 5.74) is 3.15. The number of nitrogens with zero attached hydrogens (tertiary/aromatic N) is 1. The summed E-state index contributed by atoms with van der Waals surface area (Å²) in [7, 11) is 0. The third-order valence-electron chi connectivity index (χ3n) is 4.17. The lowest BCUT2D eigenvalue weighted by atomic mass is 10.1. The highest BCUT2D eigenvalue weighted by Crippen LogP contribution is 2.29. The fraction of sp³-hybridized carbons (Fsp3) is 0.526. The summed E-state index contributed by atoms with van der Waals surface area (Å²) in [6, 6.07) is 6.04. The highest BCUT2D eigenvalue weighted by molar-refractivity contribution is 8.24. The van der Waals surface area contributed by atoms with E-state index < -0.39 is 0 Å². The lowest BCUT2D eigenvalue weighted by Gasteiger charge is -2.15. The van der Waals surface area contributed by atoms with Gasteiger partial charge in [-0.15, -0.1) is 0 Å². The van der Waals surface area contributed by atoms with E-state index in [0.717, 1.165) is 42.5 Å². The molecule has 1 fully saturated rings. The summed E-state index contributed by atoms with van der Waals surface area (Å²) in [5.74, 6) is 0.185. The van der Waals surface area contributed by atoms with Crippen LogP contribution in [-0.2, 0) is 9.59 Å². The van der Waals surface area contributed by atoms with Crippen LogP contribution in [0.3, 0.4) is 0 Å². The number of nitrogens with one attached hydrogen (secondary N) is 1. The van der Waals surface area contributed by atoms with Crippen molar-refractivity contribution in [2.24, 2.45) is 0 Å². The molecule has 1 N–H and O–H groups in total. The van der Waals surface area contributed by atoms with Crippen molar-refractivity contribution in [1.29, 1.82) is 0 Å². The molecule has 136 valence electrons. The van der Waals surface area contributed by atoms with Crippen LogP contribution in [0.2, 0.25) is 0 Å². The number of hydrogen-bond acceptors (Lipinski definition) is 4. The Balaban J connectivity index is 1.66. The largest absolute Gasteiger partial charge is 0.326 e. The predicted molar refractivity (Wildman–Crippen MR) is 109 cm³/mol. The summed E-state index contributed by atoms with van der Waals surface area (Å²) in [4.78, 5) is 25.9. The average Bonchev–Trinajstić information content (AvgIpc) is 2.80. The topological polar surface area (TPSA) is 49.4 Å². The van der Waals surface area contributed by atoms with Crippen molar-refractivity contribution in [1.82, 2.24) is 4.90 Å². The van der Waals surface area contributed by atoms with E-state index in [1.807, 2.05) is 32.9 Å². The lowest BCUT2D eigenvalue weighted by Crippen LogP contribution is -2.32. The molecule has 25 heavy (non-hydrogen) atoms. The van der Waals surface area contributed by atoms with Crippen LogP contribution in [0.15, 0.2) is 18.2 Å². The van der Waals surface area contributed by atoms with Crippen LogP contribution in [0.4, 0.5) is 5.69 Å². The normalized spacial score (nSPS) is 17.2. The first-order valence-corrected chi connectivity index (χ1v) is 10.1. The monoisotopic (exact) mass is 378 g/mol. The third kappa shape index (κ3) is 5.82. The number of amides is 2. The molecule has 4 nitrogen and oxygen atoms in total. The van der Waals surface area contributed by atoms with Gasteiger partial charge >= 0.3 is 0 Å². The van der Waals surface area contributed by atoms with E-state index in [-0.39, 0.29) is 17.1 Å². The van der Waals surface area contributed by atoms with Crippen molar-refractivity contribution in [3.63, 3.8) is 0 Å². The first-order valence-electron chi connectivity index (χ1n) is 8.81. The molecule has 0 saturated carbocycles. The number of unbranched alkanes of at least 4 members (excludes halogenated alkanes) is 2. The number of anilines is 1. The molecule has 2 amide bonds. The van der Waals surface area contributed by atoms with Gasteiger partial charge in [-0.1, -0.05) is 43.4 Å². The van der Waals surface area contributed by atoms with E-state index in [9.17, 15) is 9.59 Å². The summed E-state index contributed by atoms with van der Waals surface area (Å²) >= 11 is 6.78. The zero-order valence-electron chi connectivity index (χ0n) is 15.1. The quantitative estimate of drug-likeness (QED) is 0.537. The number of hydrogen-bond donors (Lipinski definition) is 1. The molecular weight excluding hydrogens is 352 g/mol. The number of carbonyl (C=O) groups excluding carboxylic acids is 2. The number of carbonyl (C=O) groups is 2. The molecule has 2 rings (SSSR count). The molecule has 0 spiro atoms. The Morgan fingerprint density at radius 2 is 1.88 bits per heavy atom. The van der Waals surface area contributed by atoms with E-state index in [4.69, 9.17) is 12.2 Å². The molecule has 1 aliphatic heterocycles. The second-order valence-corrected chi connectivity index (χ2v) is 8.34. The van der Waals surface area contributed by atoms with Gasteiger partial charge in [0, 0.05) is 18.7 Å². The molecule has 0 radical (unpaired) electrons. The first kappa shape index (κ1) is 19.9. The standard InChI is InChI=1S/C19H26N2O2S2/c1-4-16-18(23)21(19(24)25-16)9-7-5-6-8-17(22)20-15-11-13(2)10-14(3)12-15/h10-12,16H,4-9H2,1-3H3,(H,20,22). The van der Waals surface area contributed by atoms with Crippen molar-refractivity contribution in [3.05, 3.63) is 29.3 Å². The Kier molecular flexibility index (Phi) is 7.44. The van der Waals surface area contributed by atoms with Gasteiger partial charge in [0.2, 0.25) is 11.8 Å². The molecule has 6 heteroatoms. The van der Waals surface area contributed by atoms with Crippen molar-refractivity contribution in [2.45, 2.75) is 58.1 Å². The maximum absolute atomic E-state index is 12.1. The fourth-order valence-corrected chi connectivity index (χ4v) is 4.44. The van der Waals surface area contributed by atoms with Gasteiger partial charge in [-0.3, -0.25) is 14.5 Å². The van der Waals surface area contributed by atoms with Gasteiger partial charge in [0.05, 0.1) is 5.25 Å². The molecule has 1 unspecified atom stereocenters. The van der Waals surface area contributed by atoms with Gasteiger partial charge in [-0.25, -0.2) is 0 Å². The Labute approximate surface area is 159 Å². The minimum Gasteiger partial charge on any atom is -0.326 e. The molecule has 1 saturated heterocycles. The van der Waals surface area contributed by atoms with Crippen molar-refractivity contribution in [3.8, 4) is 0 Å². The Morgan fingerprint density at radius 3 is 2.48 bits per heavy atom. The van der Waals surface area contributed by atoms with Crippen LogP contribution >= 0.6 is 24.0 Å². The Morgan fingerprint density at radius 1 is 1.20 bits per heavy atom. The molecule has 1 aliphatic rings. The van der Waals surface area contributed by atoms with E-state index >= 15 is 0 Å². The van der Waals surface area contributed by atoms with Gasteiger partial charge in [0.15, 0.2) is 0 Å².